The molecule has 0 spiro atoms. The van der Waals surface area contributed by atoms with Crippen molar-refractivity contribution in [2.75, 3.05) is 54.2 Å². The lowest BCUT2D eigenvalue weighted by Gasteiger charge is -2.25. The van der Waals surface area contributed by atoms with E-state index in [1.807, 2.05) is 0 Å². The minimum absolute atomic E-state index is 0.111. The van der Waals surface area contributed by atoms with Crippen molar-refractivity contribution >= 4 is 5.91 Å². The van der Waals surface area contributed by atoms with Gasteiger partial charge in [-0.1, -0.05) is 0 Å². The lowest BCUT2D eigenvalue weighted by molar-refractivity contribution is -0.134. The fourth-order valence-electron chi connectivity index (χ4n) is 1.42. The number of nitrogens with two attached hydrogens (primary N) is 1. The van der Waals surface area contributed by atoms with E-state index in [0.29, 0.717) is 26.3 Å². The first-order valence-corrected chi connectivity index (χ1v) is 5.68. The Morgan fingerprint density at radius 2 is 1.76 bits per heavy atom. The Hall–Kier alpha value is -0.690. The molecule has 0 rings (SSSR count). The van der Waals surface area contributed by atoms with Gasteiger partial charge in [0.25, 0.3) is 0 Å². The Labute approximate surface area is 103 Å². The van der Waals surface area contributed by atoms with E-state index in [4.69, 9.17) is 19.9 Å². The first-order valence-electron chi connectivity index (χ1n) is 5.68. The number of amides is 1. The molecule has 0 aromatic carbocycles. The van der Waals surface area contributed by atoms with Gasteiger partial charge in [-0.2, -0.15) is 0 Å². The maximum absolute atomic E-state index is 12.0. The van der Waals surface area contributed by atoms with E-state index in [0.717, 1.165) is 6.42 Å². The molecule has 0 saturated heterocycles. The van der Waals surface area contributed by atoms with Crippen LogP contribution in [0.25, 0.3) is 0 Å². The molecule has 0 saturated carbocycles. The lowest BCUT2D eigenvalue weighted by Crippen LogP contribution is -2.47. The molecule has 0 aromatic rings. The summed E-state index contributed by atoms with van der Waals surface area (Å²) in [7, 11) is 4.77. The molecule has 0 aliphatic rings. The number of methoxy groups -OCH3 is 3. The zero-order valence-corrected chi connectivity index (χ0v) is 11.0. The molecule has 0 bridgehead atoms. The summed E-state index contributed by atoms with van der Waals surface area (Å²) in [6, 6.07) is -0.612. The summed E-state index contributed by atoms with van der Waals surface area (Å²) in [6.45, 7) is 2.51. The van der Waals surface area contributed by atoms with Crippen LogP contribution in [0.1, 0.15) is 6.42 Å². The van der Waals surface area contributed by atoms with Crippen LogP contribution in [0.2, 0.25) is 0 Å². The zero-order valence-electron chi connectivity index (χ0n) is 11.0. The number of rotatable bonds is 10. The molecule has 6 nitrogen and oxygen atoms in total. The second kappa shape index (κ2) is 10.5. The van der Waals surface area contributed by atoms with Gasteiger partial charge in [0.1, 0.15) is 6.04 Å². The Morgan fingerprint density at radius 3 is 2.29 bits per heavy atom. The van der Waals surface area contributed by atoms with E-state index < -0.39 is 6.04 Å². The maximum Gasteiger partial charge on any atom is 0.241 e. The van der Waals surface area contributed by atoms with Gasteiger partial charge in [-0.25, -0.2) is 0 Å². The number of carbonyl (C=O) groups is 1. The van der Waals surface area contributed by atoms with Crippen molar-refractivity contribution < 1.29 is 19.0 Å². The van der Waals surface area contributed by atoms with Crippen molar-refractivity contribution in [2.45, 2.75) is 12.5 Å². The summed E-state index contributed by atoms with van der Waals surface area (Å²) < 4.78 is 14.8. The molecule has 1 atom stereocenters. The van der Waals surface area contributed by atoms with E-state index in [1.165, 1.54) is 7.11 Å². The summed E-state index contributed by atoms with van der Waals surface area (Å²) in [4.78, 5) is 13.6. The standard InChI is InChI=1S/C11H24N2O4/c1-15-7-4-5-13(6-8-16-2)11(14)10(12)9-17-3/h10H,4-9,12H2,1-3H3. The van der Waals surface area contributed by atoms with E-state index in [1.54, 1.807) is 19.1 Å². The number of nitrogens with zero attached hydrogens (tertiary/aromatic N) is 1. The molecule has 0 radical (unpaired) electrons. The Kier molecular flexibility index (Phi) is 10.0. The summed E-state index contributed by atoms with van der Waals surface area (Å²) in [6.07, 6.45) is 0.783. The van der Waals surface area contributed by atoms with Gasteiger partial charge in [0.15, 0.2) is 0 Å². The second-order valence-corrected chi connectivity index (χ2v) is 3.73. The van der Waals surface area contributed by atoms with Crippen molar-refractivity contribution in [1.82, 2.24) is 4.90 Å². The molecule has 0 heterocycles. The van der Waals surface area contributed by atoms with E-state index in [9.17, 15) is 4.79 Å². The summed E-state index contributed by atoms with van der Waals surface area (Å²) in [5, 5.41) is 0. The number of ether oxygens (including phenoxy) is 3. The van der Waals surface area contributed by atoms with Crippen molar-refractivity contribution in [2.24, 2.45) is 5.73 Å². The molecule has 0 aliphatic carbocycles. The number of hydrogen-bond acceptors (Lipinski definition) is 5. The predicted molar refractivity (Wildman–Crippen MR) is 64.8 cm³/mol. The fourth-order valence-corrected chi connectivity index (χ4v) is 1.42. The van der Waals surface area contributed by atoms with Crippen LogP contribution in [-0.4, -0.2) is 71.1 Å². The van der Waals surface area contributed by atoms with Gasteiger partial charge in [-0.15, -0.1) is 0 Å². The van der Waals surface area contributed by atoms with Crippen LogP contribution in [0.15, 0.2) is 0 Å². The molecule has 0 fully saturated rings. The quantitative estimate of drug-likeness (QED) is 0.526. The van der Waals surface area contributed by atoms with Gasteiger partial charge in [0.05, 0.1) is 13.2 Å². The van der Waals surface area contributed by atoms with Crippen molar-refractivity contribution in [3.8, 4) is 0 Å². The minimum atomic E-state index is -0.612. The van der Waals surface area contributed by atoms with Gasteiger partial charge in [0.2, 0.25) is 5.91 Å². The van der Waals surface area contributed by atoms with Crippen molar-refractivity contribution in [1.29, 1.82) is 0 Å². The fraction of sp³-hybridized carbons (Fsp3) is 0.909. The topological polar surface area (TPSA) is 74.0 Å². The molecular weight excluding hydrogens is 224 g/mol. The van der Waals surface area contributed by atoms with Crippen LogP contribution in [-0.2, 0) is 19.0 Å². The van der Waals surface area contributed by atoms with Crippen LogP contribution in [0, 0.1) is 0 Å². The second-order valence-electron chi connectivity index (χ2n) is 3.73. The van der Waals surface area contributed by atoms with Gasteiger partial charge >= 0.3 is 0 Å². The molecule has 102 valence electrons. The van der Waals surface area contributed by atoms with Crippen LogP contribution < -0.4 is 5.73 Å². The van der Waals surface area contributed by atoms with Gasteiger partial charge in [-0.05, 0) is 6.42 Å². The van der Waals surface area contributed by atoms with Crippen LogP contribution in [0.5, 0.6) is 0 Å². The first-order chi connectivity index (χ1) is 8.17. The third-order valence-electron chi connectivity index (χ3n) is 2.32. The molecule has 17 heavy (non-hydrogen) atoms. The summed E-state index contributed by atoms with van der Waals surface area (Å²) in [5.41, 5.74) is 5.72. The average molecular weight is 248 g/mol. The largest absolute Gasteiger partial charge is 0.385 e. The monoisotopic (exact) mass is 248 g/mol. The summed E-state index contributed by atoms with van der Waals surface area (Å²) in [5.74, 6) is -0.111. The van der Waals surface area contributed by atoms with Crippen molar-refractivity contribution in [3.05, 3.63) is 0 Å². The molecule has 6 heteroatoms. The van der Waals surface area contributed by atoms with Crippen molar-refractivity contribution in [3.63, 3.8) is 0 Å². The third-order valence-corrected chi connectivity index (χ3v) is 2.32. The molecular formula is C11H24N2O4. The van der Waals surface area contributed by atoms with Gasteiger partial charge < -0.3 is 24.8 Å². The Bertz CT molecular complexity index is 202. The summed E-state index contributed by atoms with van der Waals surface area (Å²) >= 11 is 0. The highest BCUT2D eigenvalue weighted by Gasteiger charge is 2.20. The molecule has 1 amide bonds. The van der Waals surface area contributed by atoms with E-state index in [2.05, 4.69) is 0 Å². The van der Waals surface area contributed by atoms with Gasteiger partial charge in [0, 0.05) is 41.0 Å². The Balaban J connectivity index is 4.17. The maximum atomic E-state index is 12.0. The zero-order chi connectivity index (χ0) is 13.1. The van der Waals surface area contributed by atoms with Crippen LogP contribution >= 0.6 is 0 Å². The lowest BCUT2D eigenvalue weighted by atomic mass is 10.2. The van der Waals surface area contributed by atoms with Crippen LogP contribution in [0.3, 0.4) is 0 Å². The van der Waals surface area contributed by atoms with E-state index in [-0.39, 0.29) is 12.5 Å². The molecule has 0 aromatic heterocycles. The Morgan fingerprint density at radius 1 is 1.12 bits per heavy atom. The highest BCUT2D eigenvalue weighted by molar-refractivity contribution is 5.81. The van der Waals surface area contributed by atoms with Gasteiger partial charge in [-0.3, -0.25) is 4.79 Å². The van der Waals surface area contributed by atoms with E-state index >= 15 is 0 Å². The molecule has 2 N–H and O–H groups in total. The number of carbonyl (C=O) groups excluding carboxylic acids is 1. The first kappa shape index (κ1) is 16.3. The average Bonchev–Trinajstić information content (AvgIpc) is 2.33. The SMILES string of the molecule is COCCCN(CCOC)C(=O)C(N)COC. The third kappa shape index (κ3) is 7.27. The molecule has 1 unspecified atom stereocenters. The number of hydrogen-bond donors (Lipinski definition) is 1. The highest BCUT2D eigenvalue weighted by atomic mass is 16.5. The minimum Gasteiger partial charge on any atom is -0.385 e. The van der Waals surface area contributed by atoms with Crippen LogP contribution in [0.4, 0.5) is 0 Å². The molecule has 0 aliphatic heterocycles. The normalized spacial score (nSPS) is 12.5. The highest BCUT2D eigenvalue weighted by Crippen LogP contribution is 1.97. The smallest absolute Gasteiger partial charge is 0.241 e. The predicted octanol–water partition coefficient (Wildman–Crippen LogP) is -0.528.